The molecule has 15 heavy (non-hydrogen) atoms. The molecular weight excluding hydrogens is 197 g/mol. The summed E-state index contributed by atoms with van der Waals surface area (Å²) < 4.78 is 18.1. The highest BCUT2D eigenvalue weighted by Crippen LogP contribution is 2.24. The lowest BCUT2D eigenvalue weighted by Crippen LogP contribution is -2.04. The first kappa shape index (κ1) is 11.2. The average Bonchev–Trinajstić information content (AvgIpc) is 2.16. The van der Waals surface area contributed by atoms with E-state index in [0.717, 1.165) is 12.1 Å². The van der Waals surface area contributed by atoms with E-state index in [2.05, 4.69) is 0 Å². The molecule has 0 saturated carbocycles. The molecule has 3 nitrogen and oxygen atoms in total. The van der Waals surface area contributed by atoms with Crippen molar-refractivity contribution in [2.45, 2.75) is 13.8 Å². The van der Waals surface area contributed by atoms with Crippen LogP contribution in [0.2, 0.25) is 0 Å². The minimum atomic E-state index is -0.583. The fourth-order valence-electron chi connectivity index (χ4n) is 1.30. The molecule has 0 heterocycles. The van der Waals surface area contributed by atoms with Crippen LogP contribution in [0.4, 0.5) is 4.39 Å². The largest absolute Gasteiger partial charge is 0.493 e. The minimum Gasteiger partial charge on any atom is -0.493 e. The number of Topliss-reactive ketones (excluding diaryl/α,β-unsaturated/α-hetero) is 1. The second-order valence-electron chi connectivity index (χ2n) is 2.93. The highest BCUT2D eigenvalue weighted by molar-refractivity contribution is 5.99. The van der Waals surface area contributed by atoms with Gasteiger partial charge in [-0.05, 0) is 19.9 Å². The van der Waals surface area contributed by atoms with Gasteiger partial charge in [0, 0.05) is 6.07 Å². The van der Waals surface area contributed by atoms with E-state index in [-0.39, 0.29) is 22.7 Å². The molecule has 0 aromatic heterocycles. The topological polar surface area (TPSA) is 50.1 Å². The van der Waals surface area contributed by atoms with E-state index < -0.39 is 5.82 Å². The number of carbonyl (C=O) groups is 1. The fourth-order valence-corrected chi connectivity index (χ4v) is 1.30. The number of ketones is 1. The second kappa shape index (κ2) is 4.56. The monoisotopic (exact) mass is 207 g/mol. The van der Waals surface area contributed by atoms with Crippen LogP contribution in [-0.4, -0.2) is 12.4 Å². The molecule has 0 fully saturated rings. The second-order valence-corrected chi connectivity index (χ2v) is 2.93. The highest BCUT2D eigenvalue weighted by Gasteiger charge is 2.15. The van der Waals surface area contributed by atoms with Gasteiger partial charge in [0.1, 0.15) is 17.6 Å². The quantitative estimate of drug-likeness (QED) is 0.714. The van der Waals surface area contributed by atoms with Gasteiger partial charge in [0.05, 0.1) is 17.7 Å². The number of hydrogen-bond donors (Lipinski definition) is 0. The summed E-state index contributed by atoms with van der Waals surface area (Å²) in [7, 11) is 0. The zero-order chi connectivity index (χ0) is 11.4. The van der Waals surface area contributed by atoms with Crippen LogP contribution in [0, 0.1) is 17.1 Å². The molecule has 1 aromatic rings. The number of hydrogen-bond acceptors (Lipinski definition) is 3. The summed E-state index contributed by atoms with van der Waals surface area (Å²) in [6.07, 6.45) is 0. The summed E-state index contributed by atoms with van der Waals surface area (Å²) in [6, 6.07) is 3.91. The van der Waals surface area contributed by atoms with Crippen molar-refractivity contribution in [1.82, 2.24) is 0 Å². The normalized spacial score (nSPS) is 9.47. The zero-order valence-corrected chi connectivity index (χ0v) is 8.50. The van der Waals surface area contributed by atoms with E-state index in [1.54, 1.807) is 13.0 Å². The highest BCUT2D eigenvalue weighted by atomic mass is 19.1. The standard InChI is InChI=1S/C11H10FNO2/c1-3-15-10-5-9(12)4-8(6-13)11(10)7(2)14/h4-5H,3H2,1-2H3. The molecule has 0 bridgehead atoms. The van der Waals surface area contributed by atoms with E-state index in [1.165, 1.54) is 6.92 Å². The van der Waals surface area contributed by atoms with Crippen LogP contribution in [0.5, 0.6) is 5.75 Å². The van der Waals surface area contributed by atoms with E-state index in [0.29, 0.717) is 6.61 Å². The van der Waals surface area contributed by atoms with Gasteiger partial charge in [0.15, 0.2) is 5.78 Å². The molecule has 78 valence electrons. The van der Waals surface area contributed by atoms with Gasteiger partial charge in [-0.25, -0.2) is 4.39 Å². The van der Waals surface area contributed by atoms with Crippen molar-refractivity contribution in [3.05, 3.63) is 29.1 Å². The van der Waals surface area contributed by atoms with Crippen molar-refractivity contribution < 1.29 is 13.9 Å². The van der Waals surface area contributed by atoms with Crippen molar-refractivity contribution in [1.29, 1.82) is 5.26 Å². The van der Waals surface area contributed by atoms with Crippen LogP contribution in [0.15, 0.2) is 12.1 Å². The first-order valence-corrected chi connectivity index (χ1v) is 4.47. The number of benzene rings is 1. The predicted molar refractivity (Wildman–Crippen MR) is 52.3 cm³/mol. The number of rotatable bonds is 3. The average molecular weight is 207 g/mol. The molecule has 0 saturated heterocycles. The SMILES string of the molecule is CCOc1cc(F)cc(C#N)c1C(C)=O. The van der Waals surface area contributed by atoms with Crippen LogP contribution in [0.1, 0.15) is 29.8 Å². The molecule has 0 amide bonds. The number of nitrogens with zero attached hydrogens (tertiary/aromatic N) is 1. The Morgan fingerprint density at radius 2 is 2.27 bits per heavy atom. The third-order valence-electron chi connectivity index (χ3n) is 1.84. The first-order chi connectivity index (χ1) is 7.10. The van der Waals surface area contributed by atoms with Crippen molar-refractivity contribution in [2.75, 3.05) is 6.61 Å². The Bertz CT molecular complexity index is 435. The van der Waals surface area contributed by atoms with Crippen molar-refractivity contribution in [2.24, 2.45) is 0 Å². The van der Waals surface area contributed by atoms with Crippen LogP contribution in [-0.2, 0) is 0 Å². The molecular formula is C11H10FNO2. The van der Waals surface area contributed by atoms with Gasteiger partial charge in [0.2, 0.25) is 0 Å². The number of ether oxygens (including phenoxy) is 1. The van der Waals surface area contributed by atoms with Crippen molar-refractivity contribution in [3.8, 4) is 11.8 Å². The Balaban J connectivity index is 3.41. The summed E-state index contributed by atoms with van der Waals surface area (Å²) >= 11 is 0. The summed E-state index contributed by atoms with van der Waals surface area (Å²) in [4.78, 5) is 11.3. The molecule has 1 aromatic carbocycles. The van der Waals surface area contributed by atoms with Crippen LogP contribution >= 0.6 is 0 Å². The Kier molecular flexibility index (Phi) is 3.40. The smallest absolute Gasteiger partial charge is 0.164 e. The van der Waals surface area contributed by atoms with Gasteiger partial charge in [-0.2, -0.15) is 5.26 Å². The van der Waals surface area contributed by atoms with E-state index in [4.69, 9.17) is 10.00 Å². The zero-order valence-electron chi connectivity index (χ0n) is 8.50. The number of halogens is 1. The Labute approximate surface area is 87.1 Å². The summed E-state index contributed by atoms with van der Waals surface area (Å²) in [6.45, 7) is 3.35. The maximum atomic E-state index is 13.0. The van der Waals surface area contributed by atoms with Gasteiger partial charge in [0.25, 0.3) is 0 Å². The first-order valence-electron chi connectivity index (χ1n) is 4.47. The molecule has 4 heteroatoms. The van der Waals surface area contributed by atoms with Crippen LogP contribution in [0.25, 0.3) is 0 Å². The lowest BCUT2D eigenvalue weighted by Gasteiger charge is -2.09. The number of nitriles is 1. The van der Waals surface area contributed by atoms with Gasteiger partial charge < -0.3 is 4.74 Å². The third kappa shape index (κ3) is 2.32. The minimum absolute atomic E-state index is 0.00551. The van der Waals surface area contributed by atoms with Crippen molar-refractivity contribution in [3.63, 3.8) is 0 Å². The van der Waals surface area contributed by atoms with Gasteiger partial charge in [-0.1, -0.05) is 0 Å². The maximum absolute atomic E-state index is 13.0. The van der Waals surface area contributed by atoms with Gasteiger partial charge in [-0.3, -0.25) is 4.79 Å². The van der Waals surface area contributed by atoms with E-state index >= 15 is 0 Å². The maximum Gasteiger partial charge on any atom is 0.164 e. The molecule has 0 unspecified atom stereocenters. The number of carbonyl (C=O) groups excluding carboxylic acids is 1. The Hall–Kier alpha value is -1.89. The lowest BCUT2D eigenvalue weighted by atomic mass is 10.0. The van der Waals surface area contributed by atoms with Gasteiger partial charge >= 0.3 is 0 Å². The fraction of sp³-hybridized carbons (Fsp3) is 0.273. The molecule has 0 aliphatic heterocycles. The molecule has 0 aliphatic rings. The van der Waals surface area contributed by atoms with E-state index in [1.807, 2.05) is 0 Å². The van der Waals surface area contributed by atoms with Gasteiger partial charge in [-0.15, -0.1) is 0 Å². The summed E-state index contributed by atoms with van der Waals surface area (Å²) in [5.41, 5.74) is 0.145. The molecule has 0 N–H and O–H groups in total. The van der Waals surface area contributed by atoms with Crippen LogP contribution in [0.3, 0.4) is 0 Å². The molecule has 0 radical (unpaired) electrons. The molecule has 0 spiro atoms. The van der Waals surface area contributed by atoms with Crippen LogP contribution < -0.4 is 4.74 Å². The Morgan fingerprint density at radius 3 is 2.73 bits per heavy atom. The third-order valence-corrected chi connectivity index (χ3v) is 1.84. The molecule has 0 aliphatic carbocycles. The Morgan fingerprint density at radius 1 is 1.60 bits per heavy atom. The molecule has 0 atom stereocenters. The van der Waals surface area contributed by atoms with E-state index in [9.17, 15) is 9.18 Å². The van der Waals surface area contributed by atoms with Crippen molar-refractivity contribution >= 4 is 5.78 Å². The summed E-state index contributed by atoms with van der Waals surface area (Å²) in [5.74, 6) is -0.767. The lowest BCUT2D eigenvalue weighted by molar-refractivity contribution is 0.101. The summed E-state index contributed by atoms with van der Waals surface area (Å²) in [5, 5.41) is 8.76. The predicted octanol–water partition coefficient (Wildman–Crippen LogP) is 2.30. The molecule has 1 rings (SSSR count).